The quantitative estimate of drug-likeness (QED) is 0.568. The maximum atomic E-state index is 11.4. The Kier molecular flexibility index (Phi) is 2.15. The van der Waals surface area contributed by atoms with Crippen LogP contribution in [0.15, 0.2) is 0 Å². The summed E-state index contributed by atoms with van der Waals surface area (Å²) in [5, 5.41) is 0. The SMILES string of the molecule is CN1C(=O)O[C@@H]2CO[C@@H]3C[C@H](C=O)O[C@@H]3[C@@H]21. The number of hydrogen-bond acceptors (Lipinski definition) is 5. The highest BCUT2D eigenvalue weighted by molar-refractivity contribution is 5.70. The summed E-state index contributed by atoms with van der Waals surface area (Å²) in [6, 6.07) is -0.129. The zero-order valence-electron chi connectivity index (χ0n) is 8.87. The molecule has 0 aromatic carbocycles. The van der Waals surface area contributed by atoms with E-state index < -0.39 is 6.10 Å². The fraction of sp³-hybridized carbons (Fsp3) is 0.800. The van der Waals surface area contributed by atoms with E-state index in [2.05, 4.69) is 0 Å². The Balaban J connectivity index is 1.84. The normalized spacial score (nSPS) is 46.2. The maximum Gasteiger partial charge on any atom is 0.410 e. The van der Waals surface area contributed by atoms with E-state index in [1.807, 2.05) is 0 Å². The molecular weight excluding hydrogens is 214 g/mol. The van der Waals surface area contributed by atoms with Crippen molar-refractivity contribution in [3.63, 3.8) is 0 Å². The third kappa shape index (κ3) is 1.26. The summed E-state index contributed by atoms with van der Waals surface area (Å²) in [5.41, 5.74) is 0. The first kappa shape index (κ1) is 10.0. The van der Waals surface area contributed by atoms with Gasteiger partial charge in [0.05, 0.1) is 12.7 Å². The Labute approximate surface area is 92.4 Å². The fourth-order valence-electron chi connectivity index (χ4n) is 2.70. The molecule has 0 bridgehead atoms. The molecule has 0 aliphatic carbocycles. The first-order valence-corrected chi connectivity index (χ1v) is 5.36. The number of carbonyl (C=O) groups is 2. The molecule has 3 heterocycles. The third-order valence-electron chi connectivity index (χ3n) is 3.49. The van der Waals surface area contributed by atoms with Crippen molar-refractivity contribution < 1.29 is 23.8 Å². The molecule has 0 aromatic rings. The number of likely N-dealkylation sites (N-methyl/N-ethyl adjacent to an activating group) is 1. The van der Waals surface area contributed by atoms with Gasteiger partial charge in [0, 0.05) is 13.5 Å². The summed E-state index contributed by atoms with van der Waals surface area (Å²) in [5.74, 6) is 0. The predicted octanol–water partition coefficient (Wildman–Crippen LogP) is -0.439. The van der Waals surface area contributed by atoms with Crippen LogP contribution in [-0.4, -0.2) is 61.4 Å². The summed E-state index contributed by atoms with van der Waals surface area (Å²) in [6.07, 6.45) is -0.0357. The Morgan fingerprint density at radius 1 is 1.44 bits per heavy atom. The van der Waals surface area contributed by atoms with Crippen molar-refractivity contribution in [2.75, 3.05) is 13.7 Å². The van der Waals surface area contributed by atoms with Crippen LogP contribution in [0.25, 0.3) is 0 Å². The fourth-order valence-corrected chi connectivity index (χ4v) is 2.70. The number of aldehydes is 1. The van der Waals surface area contributed by atoms with Crippen LogP contribution >= 0.6 is 0 Å². The highest BCUT2D eigenvalue weighted by Gasteiger charge is 2.54. The zero-order valence-corrected chi connectivity index (χ0v) is 8.87. The smallest absolute Gasteiger partial charge is 0.410 e. The second-order valence-electron chi connectivity index (χ2n) is 4.41. The van der Waals surface area contributed by atoms with Crippen LogP contribution in [0.4, 0.5) is 4.79 Å². The lowest BCUT2D eigenvalue weighted by atomic mass is 9.96. The molecule has 0 saturated carbocycles. The van der Waals surface area contributed by atoms with Gasteiger partial charge in [-0.05, 0) is 0 Å². The number of nitrogens with zero attached hydrogens (tertiary/aromatic N) is 1. The molecule has 5 atom stereocenters. The molecule has 1 amide bonds. The minimum Gasteiger partial charge on any atom is -0.441 e. The van der Waals surface area contributed by atoms with Gasteiger partial charge in [-0.15, -0.1) is 0 Å². The van der Waals surface area contributed by atoms with Gasteiger partial charge in [0.1, 0.15) is 30.6 Å². The number of rotatable bonds is 1. The van der Waals surface area contributed by atoms with Gasteiger partial charge < -0.3 is 23.9 Å². The van der Waals surface area contributed by atoms with E-state index in [0.29, 0.717) is 13.0 Å². The van der Waals surface area contributed by atoms with Crippen LogP contribution in [0.5, 0.6) is 0 Å². The molecule has 3 aliphatic heterocycles. The monoisotopic (exact) mass is 227 g/mol. The van der Waals surface area contributed by atoms with Gasteiger partial charge >= 0.3 is 6.09 Å². The lowest BCUT2D eigenvalue weighted by Gasteiger charge is -2.35. The molecule has 0 unspecified atom stereocenters. The minimum atomic E-state index is -0.419. The Morgan fingerprint density at radius 2 is 2.25 bits per heavy atom. The molecule has 6 nitrogen and oxygen atoms in total. The maximum absolute atomic E-state index is 11.4. The number of carbonyl (C=O) groups excluding carboxylic acids is 2. The molecule has 6 heteroatoms. The first-order valence-electron chi connectivity index (χ1n) is 5.36. The Bertz CT molecular complexity index is 333. The van der Waals surface area contributed by atoms with Crippen molar-refractivity contribution in [3.05, 3.63) is 0 Å². The zero-order chi connectivity index (χ0) is 11.3. The number of amides is 1. The van der Waals surface area contributed by atoms with Crippen LogP contribution in [0.3, 0.4) is 0 Å². The van der Waals surface area contributed by atoms with E-state index in [0.717, 1.165) is 6.29 Å². The molecule has 3 fully saturated rings. The van der Waals surface area contributed by atoms with Gasteiger partial charge in [0.2, 0.25) is 0 Å². The van der Waals surface area contributed by atoms with Crippen LogP contribution in [0, 0.1) is 0 Å². The summed E-state index contributed by atoms with van der Waals surface area (Å²) < 4.78 is 16.3. The first-order chi connectivity index (χ1) is 7.70. The van der Waals surface area contributed by atoms with Crippen LogP contribution in [-0.2, 0) is 19.0 Å². The second kappa shape index (κ2) is 3.43. The molecule has 0 radical (unpaired) electrons. The molecule has 3 saturated heterocycles. The van der Waals surface area contributed by atoms with Crippen molar-refractivity contribution in [3.8, 4) is 0 Å². The van der Waals surface area contributed by atoms with E-state index in [1.165, 1.54) is 4.90 Å². The average Bonchev–Trinajstić information content (AvgIpc) is 2.81. The van der Waals surface area contributed by atoms with Gasteiger partial charge in [-0.1, -0.05) is 0 Å². The van der Waals surface area contributed by atoms with Gasteiger partial charge in [0.15, 0.2) is 0 Å². The van der Waals surface area contributed by atoms with Crippen LogP contribution in [0.2, 0.25) is 0 Å². The van der Waals surface area contributed by atoms with Crippen molar-refractivity contribution in [2.45, 2.75) is 36.9 Å². The van der Waals surface area contributed by atoms with E-state index >= 15 is 0 Å². The van der Waals surface area contributed by atoms with Crippen molar-refractivity contribution in [2.24, 2.45) is 0 Å². The molecule has 3 rings (SSSR count). The lowest BCUT2D eigenvalue weighted by Crippen LogP contribution is -2.54. The van der Waals surface area contributed by atoms with Gasteiger partial charge in [-0.3, -0.25) is 0 Å². The Morgan fingerprint density at radius 3 is 3.00 bits per heavy atom. The Hall–Kier alpha value is -1.14. The van der Waals surface area contributed by atoms with E-state index in [4.69, 9.17) is 14.2 Å². The molecule has 0 N–H and O–H groups in total. The number of hydrogen-bond donors (Lipinski definition) is 0. The topological polar surface area (TPSA) is 65.1 Å². The summed E-state index contributed by atoms with van der Waals surface area (Å²) >= 11 is 0. The summed E-state index contributed by atoms with van der Waals surface area (Å²) in [6.45, 7) is 0.386. The molecule has 0 spiro atoms. The van der Waals surface area contributed by atoms with Gasteiger partial charge in [-0.25, -0.2) is 4.79 Å². The average molecular weight is 227 g/mol. The standard InChI is InChI=1S/C10H13NO5/c1-11-8-7(16-10(11)13)4-14-6-2-5(3-12)15-9(6)8/h3,5-9H,2,4H2,1H3/t5-,6-,7-,8-,9+/m1/s1. The van der Waals surface area contributed by atoms with E-state index in [9.17, 15) is 9.59 Å². The largest absolute Gasteiger partial charge is 0.441 e. The molecule has 0 aromatic heterocycles. The minimum absolute atomic E-state index is 0.103. The molecule has 88 valence electrons. The van der Waals surface area contributed by atoms with Crippen LogP contribution in [0.1, 0.15) is 6.42 Å². The predicted molar refractivity (Wildman–Crippen MR) is 50.9 cm³/mol. The summed E-state index contributed by atoms with van der Waals surface area (Å²) in [4.78, 5) is 23.6. The highest BCUT2D eigenvalue weighted by atomic mass is 16.6. The molecule has 16 heavy (non-hydrogen) atoms. The van der Waals surface area contributed by atoms with E-state index in [1.54, 1.807) is 7.05 Å². The third-order valence-corrected chi connectivity index (χ3v) is 3.49. The number of fused-ring (bicyclic) bond motifs is 3. The van der Waals surface area contributed by atoms with Crippen LogP contribution < -0.4 is 0 Å². The second-order valence-corrected chi connectivity index (χ2v) is 4.41. The van der Waals surface area contributed by atoms with Gasteiger partial charge in [0.25, 0.3) is 0 Å². The lowest BCUT2D eigenvalue weighted by molar-refractivity contribution is -0.129. The van der Waals surface area contributed by atoms with Crippen molar-refractivity contribution in [1.82, 2.24) is 4.90 Å². The molecular formula is C10H13NO5. The highest BCUT2D eigenvalue weighted by Crippen LogP contribution is 2.36. The van der Waals surface area contributed by atoms with Crippen molar-refractivity contribution in [1.29, 1.82) is 0 Å². The van der Waals surface area contributed by atoms with Gasteiger partial charge in [-0.2, -0.15) is 0 Å². The van der Waals surface area contributed by atoms with Crippen molar-refractivity contribution >= 4 is 12.4 Å². The number of ether oxygens (including phenoxy) is 3. The molecule has 3 aliphatic rings. The van der Waals surface area contributed by atoms with E-state index in [-0.39, 0.29) is 30.4 Å². The summed E-state index contributed by atoms with van der Waals surface area (Å²) in [7, 11) is 1.69.